The summed E-state index contributed by atoms with van der Waals surface area (Å²) in [7, 11) is 2.00. The SMILES string of the molecule is Cn1ccnc1C1CCCN(C(=O)C2CC(c3ccccc3O)NN2)C1. The molecule has 3 atom stereocenters. The molecule has 0 bridgehead atoms. The highest BCUT2D eigenvalue weighted by molar-refractivity contribution is 5.82. The standard InChI is InChI=1S/C19H25N5O2/c1-23-10-8-20-18(23)13-5-4-9-24(12-13)19(26)16-11-15(21-22-16)14-6-2-3-7-17(14)25/h2-3,6-8,10,13,15-16,21-22,25H,4-5,9,11-12H2,1H3. The molecule has 4 rings (SSSR count). The molecule has 3 unspecified atom stereocenters. The molecule has 3 N–H and O–H groups in total. The number of aromatic hydroxyl groups is 1. The Hall–Kier alpha value is -2.38. The zero-order valence-electron chi connectivity index (χ0n) is 14.9. The van der Waals surface area contributed by atoms with Crippen molar-refractivity contribution in [3.8, 4) is 5.75 Å². The molecule has 7 heteroatoms. The van der Waals surface area contributed by atoms with Crippen LogP contribution in [-0.4, -0.2) is 44.6 Å². The highest BCUT2D eigenvalue weighted by Gasteiger charge is 2.36. The lowest BCUT2D eigenvalue weighted by atomic mass is 9.95. The molecule has 2 aromatic rings. The maximum Gasteiger partial charge on any atom is 0.241 e. The molecule has 2 aliphatic heterocycles. The Kier molecular flexibility index (Phi) is 4.65. The second-order valence-corrected chi connectivity index (χ2v) is 7.21. The van der Waals surface area contributed by atoms with E-state index in [9.17, 15) is 9.90 Å². The molecule has 7 nitrogen and oxygen atoms in total. The molecular formula is C19H25N5O2. The van der Waals surface area contributed by atoms with Gasteiger partial charge in [0.25, 0.3) is 0 Å². The van der Waals surface area contributed by atoms with E-state index in [1.165, 1.54) is 0 Å². The van der Waals surface area contributed by atoms with E-state index in [1.807, 2.05) is 41.0 Å². The summed E-state index contributed by atoms with van der Waals surface area (Å²) in [5.41, 5.74) is 7.09. The summed E-state index contributed by atoms with van der Waals surface area (Å²) in [6, 6.07) is 6.91. The van der Waals surface area contributed by atoms with E-state index >= 15 is 0 Å². The molecule has 26 heavy (non-hydrogen) atoms. The van der Waals surface area contributed by atoms with E-state index in [0.717, 1.165) is 30.8 Å². The third-order valence-electron chi connectivity index (χ3n) is 5.47. The number of rotatable bonds is 3. The molecule has 1 aromatic carbocycles. The number of phenolic OH excluding ortho intramolecular Hbond substituents is 1. The summed E-state index contributed by atoms with van der Waals surface area (Å²) >= 11 is 0. The molecule has 1 aromatic heterocycles. The van der Waals surface area contributed by atoms with Gasteiger partial charge in [0.05, 0.1) is 6.04 Å². The minimum absolute atomic E-state index is 0.0692. The molecule has 2 saturated heterocycles. The number of carbonyl (C=O) groups excluding carboxylic acids is 1. The van der Waals surface area contributed by atoms with Crippen molar-refractivity contribution in [3.63, 3.8) is 0 Å². The maximum absolute atomic E-state index is 13.0. The first kappa shape index (κ1) is 17.1. The van der Waals surface area contributed by atoms with Crippen LogP contribution >= 0.6 is 0 Å². The number of nitrogens with zero attached hydrogens (tertiary/aromatic N) is 3. The predicted molar refractivity (Wildman–Crippen MR) is 97.3 cm³/mol. The molecule has 0 saturated carbocycles. The van der Waals surface area contributed by atoms with E-state index in [2.05, 4.69) is 15.8 Å². The Morgan fingerprint density at radius 2 is 2.15 bits per heavy atom. The first-order valence-corrected chi connectivity index (χ1v) is 9.18. The summed E-state index contributed by atoms with van der Waals surface area (Å²) in [5, 5.41) is 10.0. The minimum atomic E-state index is -0.278. The topological polar surface area (TPSA) is 82.4 Å². The fourth-order valence-corrected chi connectivity index (χ4v) is 4.08. The Labute approximate surface area is 153 Å². The van der Waals surface area contributed by atoms with Gasteiger partial charge in [0, 0.05) is 44.0 Å². The van der Waals surface area contributed by atoms with Crippen LogP contribution in [0.25, 0.3) is 0 Å². The minimum Gasteiger partial charge on any atom is -0.508 e. The number of para-hydroxylation sites is 1. The predicted octanol–water partition coefficient (Wildman–Crippen LogP) is 1.44. The molecule has 2 aliphatic rings. The average Bonchev–Trinajstić information content (AvgIpc) is 3.31. The number of aryl methyl sites for hydroxylation is 1. The van der Waals surface area contributed by atoms with Gasteiger partial charge in [-0.2, -0.15) is 0 Å². The van der Waals surface area contributed by atoms with Gasteiger partial charge >= 0.3 is 0 Å². The zero-order chi connectivity index (χ0) is 18.1. The molecule has 2 fully saturated rings. The van der Waals surface area contributed by atoms with E-state index in [4.69, 9.17) is 0 Å². The molecule has 0 spiro atoms. The van der Waals surface area contributed by atoms with E-state index in [1.54, 1.807) is 12.1 Å². The first-order valence-electron chi connectivity index (χ1n) is 9.18. The van der Waals surface area contributed by atoms with E-state index < -0.39 is 0 Å². The van der Waals surface area contributed by atoms with Crippen LogP contribution in [0.4, 0.5) is 0 Å². The lowest BCUT2D eigenvalue weighted by Crippen LogP contribution is -2.48. The van der Waals surface area contributed by atoms with Crippen LogP contribution in [0.1, 0.15) is 42.6 Å². The van der Waals surface area contributed by atoms with Crippen LogP contribution < -0.4 is 10.9 Å². The van der Waals surface area contributed by atoms with Crippen LogP contribution in [0, 0.1) is 0 Å². The molecule has 3 heterocycles. The number of imidazole rings is 1. The van der Waals surface area contributed by atoms with Crippen molar-refractivity contribution < 1.29 is 9.90 Å². The van der Waals surface area contributed by atoms with Crippen molar-refractivity contribution in [2.45, 2.75) is 37.3 Å². The molecular weight excluding hydrogens is 330 g/mol. The van der Waals surface area contributed by atoms with Gasteiger partial charge in [-0.15, -0.1) is 0 Å². The Bertz CT molecular complexity index is 790. The highest BCUT2D eigenvalue weighted by Crippen LogP contribution is 2.31. The Morgan fingerprint density at radius 1 is 1.31 bits per heavy atom. The number of benzene rings is 1. The summed E-state index contributed by atoms with van der Waals surface area (Å²) in [5.74, 6) is 1.71. The summed E-state index contributed by atoms with van der Waals surface area (Å²) in [6.45, 7) is 1.50. The number of phenols is 1. The van der Waals surface area contributed by atoms with Gasteiger partial charge in [-0.1, -0.05) is 18.2 Å². The second-order valence-electron chi connectivity index (χ2n) is 7.21. The normalized spacial score (nSPS) is 26.2. The van der Waals surface area contributed by atoms with Crippen LogP contribution in [-0.2, 0) is 11.8 Å². The van der Waals surface area contributed by atoms with Gasteiger partial charge in [0.2, 0.25) is 5.91 Å². The number of hydrogen-bond donors (Lipinski definition) is 3. The smallest absolute Gasteiger partial charge is 0.241 e. The summed E-state index contributed by atoms with van der Waals surface area (Å²) in [6.07, 6.45) is 6.45. The summed E-state index contributed by atoms with van der Waals surface area (Å²) < 4.78 is 2.04. The number of hydrogen-bond acceptors (Lipinski definition) is 5. The second kappa shape index (κ2) is 7.09. The third-order valence-corrected chi connectivity index (χ3v) is 5.47. The number of aromatic nitrogens is 2. The van der Waals surface area contributed by atoms with Crippen molar-refractivity contribution in [1.82, 2.24) is 25.3 Å². The van der Waals surface area contributed by atoms with E-state index in [0.29, 0.717) is 13.0 Å². The number of nitrogens with one attached hydrogen (secondary N) is 2. The van der Waals surface area contributed by atoms with Crippen molar-refractivity contribution in [1.29, 1.82) is 0 Å². The monoisotopic (exact) mass is 355 g/mol. The fourth-order valence-electron chi connectivity index (χ4n) is 4.08. The quantitative estimate of drug-likeness (QED) is 0.776. The van der Waals surface area contributed by atoms with Gasteiger partial charge in [-0.05, 0) is 25.3 Å². The number of carbonyl (C=O) groups is 1. The molecule has 0 aliphatic carbocycles. The van der Waals surface area contributed by atoms with Crippen molar-refractivity contribution >= 4 is 5.91 Å². The average molecular weight is 355 g/mol. The summed E-state index contributed by atoms with van der Waals surface area (Å²) in [4.78, 5) is 19.4. The van der Waals surface area contributed by atoms with Gasteiger partial charge in [-0.25, -0.2) is 15.8 Å². The Morgan fingerprint density at radius 3 is 2.92 bits per heavy atom. The van der Waals surface area contributed by atoms with Gasteiger partial charge in [-0.3, -0.25) is 4.79 Å². The lowest BCUT2D eigenvalue weighted by molar-refractivity contribution is -0.134. The number of hydrazine groups is 1. The molecule has 138 valence electrons. The van der Waals surface area contributed by atoms with Crippen molar-refractivity contribution in [2.24, 2.45) is 7.05 Å². The van der Waals surface area contributed by atoms with Crippen LogP contribution in [0.2, 0.25) is 0 Å². The third kappa shape index (κ3) is 3.20. The maximum atomic E-state index is 13.0. The van der Waals surface area contributed by atoms with Gasteiger partial charge in [0.1, 0.15) is 17.6 Å². The number of likely N-dealkylation sites (tertiary alicyclic amines) is 1. The largest absolute Gasteiger partial charge is 0.508 e. The number of amides is 1. The van der Waals surface area contributed by atoms with Gasteiger partial charge < -0.3 is 14.6 Å². The molecule has 1 amide bonds. The first-order chi connectivity index (χ1) is 12.6. The van der Waals surface area contributed by atoms with Crippen molar-refractivity contribution in [2.75, 3.05) is 13.1 Å². The van der Waals surface area contributed by atoms with Gasteiger partial charge in [0.15, 0.2) is 0 Å². The van der Waals surface area contributed by atoms with E-state index in [-0.39, 0.29) is 29.7 Å². The molecule has 0 radical (unpaired) electrons. The van der Waals surface area contributed by atoms with Crippen LogP contribution in [0.3, 0.4) is 0 Å². The lowest BCUT2D eigenvalue weighted by Gasteiger charge is -2.34. The van der Waals surface area contributed by atoms with Crippen LogP contribution in [0.5, 0.6) is 5.75 Å². The van der Waals surface area contributed by atoms with Crippen LogP contribution in [0.15, 0.2) is 36.7 Å². The Balaban J connectivity index is 1.42. The highest BCUT2D eigenvalue weighted by atomic mass is 16.3. The van der Waals surface area contributed by atoms with Crippen molar-refractivity contribution in [3.05, 3.63) is 48.0 Å². The number of piperidine rings is 1. The fraction of sp³-hybridized carbons (Fsp3) is 0.474. The zero-order valence-corrected chi connectivity index (χ0v) is 14.9.